The first-order valence-electron chi connectivity index (χ1n) is 10.8. The third-order valence-corrected chi connectivity index (χ3v) is 6.96. The molecule has 1 saturated heterocycles. The van der Waals surface area contributed by atoms with Crippen molar-refractivity contribution in [2.24, 2.45) is 5.92 Å². The SMILES string of the molecule is CCN1CCN(C(=O)C2C=C(c3ccnc(Nc4ccc(C(C)O)cc4)n3)SC2)CC1. The van der Waals surface area contributed by atoms with E-state index in [1.807, 2.05) is 35.2 Å². The van der Waals surface area contributed by atoms with Crippen LogP contribution in [0.1, 0.15) is 31.2 Å². The minimum atomic E-state index is -0.494. The van der Waals surface area contributed by atoms with Gasteiger partial charge in [0, 0.05) is 48.7 Å². The van der Waals surface area contributed by atoms with Crippen LogP contribution in [-0.4, -0.2) is 69.3 Å². The average molecular weight is 440 g/mol. The fourth-order valence-electron chi connectivity index (χ4n) is 3.81. The molecule has 4 rings (SSSR count). The summed E-state index contributed by atoms with van der Waals surface area (Å²) in [4.78, 5) is 27.3. The molecule has 0 spiro atoms. The average Bonchev–Trinajstić information content (AvgIpc) is 3.30. The van der Waals surface area contributed by atoms with Crippen molar-refractivity contribution < 1.29 is 9.90 Å². The van der Waals surface area contributed by atoms with Crippen molar-refractivity contribution in [2.45, 2.75) is 20.0 Å². The number of amides is 1. The molecule has 1 amide bonds. The van der Waals surface area contributed by atoms with E-state index in [-0.39, 0.29) is 11.8 Å². The van der Waals surface area contributed by atoms with Gasteiger partial charge in [-0.05, 0) is 37.2 Å². The first-order valence-corrected chi connectivity index (χ1v) is 11.8. The fraction of sp³-hybridized carbons (Fsp3) is 0.435. The van der Waals surface area contributed by atoms with E-state index < -0.39 is 6.10 Å². The molecule has 0 saturated carbocycles. The van der Waals surface area contributed by atoms with Crippen LogP contribution in [0.4, 0.5) is 11.6 Å². The van der Waals surface area contributed by atoms with Gasteiger partial charge in [0.2, 0.25) is 11.9 Å². The Bertz CT molecular complexity index is 939. The number of aromatic nitrogens is 2. The van der Waals surface area contributed by atoms with Crippen molar-refractivity contribution in [3.63, 3.8) is 0 Å². The quantitative estimate of drug-likeness (QED) is 0.716. The molecule has 2 unspecified atom stereocenters. The second-order valence-corrected chi connectivity index (χ2v) is 8.96. The van der Waals surface area contributed by atoms with Gasteiger partial charge in [0.05, 0.1) is 17.7 Å². The van der Waals surface area contributed by atoms with Gasteiger partial charge < -0.3 is 20.2 Å². The lowest BCUT2D eigenvalue weighted by molar-refractivity contribution is -0.135. The summed E-state index contributed by atoms with van der Waals surface area (Å²) >= 11 is 1.68. The minimum Gasteiger partial charge on any atom is -0.389 e. The third-order valence-electron chi connectivity index (χ3n) is 5.78. The number of carbonyl (C=O) groups is 1. The molecular formula is C23H29N5O2S. The molecule has 1 fully saturated rings. The Labute approximate surface area is 187 Å². The lowest BCUT2D eigenvalue weighted by atomic mass is 10.1. The molecule has 8 heteroatoms. The predicted octanol–water partition coefficient (Wildman–Crippen LogP) is 3.14. The maximum absolute atomic E-state index is 12.9. The Kier molecular flexibility index (Phi) is 6.89. The molecule has 3 heterocycles. The number of aliphatic hydroxyl groups is 1. The van der Waals surface area contributed by atoms with Crippen molar-refractivity contribution in [2.75, 3.05) is 43.8 Å². The number of piperazine rings is 1. The van der Waals surface area contributed by atoms with Gasteiger partial charge in [0.25, 0.3) is 0 Å². The molecule has 1 aromatic carbocycles. The molecule has 2 N–H and O–H groups in total. The topological polar surface area (TPSA) is 81.6 Å². The second-order valence-electron chi connectivity index (χ2n) is 7.90. The molecule has 7 nitrogen and oxygen atoms in total. The maximum atomic E-state index is 12.9. The van der Waals surface area contributed by atoms with Crippen LogP contribution in [0.15, 0.2) is 42.6 Å². The number of benzene rings is 1. The summed E-state index contributed by atoms with van der Waals surface area (Å²) in [6, 6.07) is 9.43. The number of hydrogen-bond acceptors (Lipinski definition) is 7. The number of likely N-dealkylation sites (N-methyl/N-ethyl adjacent to an activating group) is 1. The number of nitrogens with zero attached hydrogens (tertiary/aromatic N) is 4. The van der Waals surface area contributed by atoms with Gasteiger partial charge >= 0.3 is 0 Å². The second kappa shape index (κ2) is 9.80. The zero-order valence-corrected chi connectivity index (χ0v) is 18.8. The molecule has 31 heavy (non-hydrogen) atoms. The van der Waals surface area contributed by atoms with Crippen LogP contribution in [0.2, 0.25) is 0 Å². The van der Waals surface area contributed by atoms with Crippen LogP contribution in [0.5, 0.6) is 0 Å². The number of aliphatic hydroxyl groups excluding tert-OH is 1. The largest absolute Gasteiger partial charge is 0.389 e. The normalized spacial score (nSPS) is 20.4. The van der Waals surface area contributed by atoms with Gasteiger partial charge in [-0.2, -0.15) is 0 Å². The molecule has 2 aliphatic rings. The fourth-order valence-corrected chi connectivity index (χ4v) is 4.93. The highest BCUT2D eigenvalue weighted by atomic mass is 32.2. The van der Waals surface area contributed by atoms with E-state index in [0.29, 0.717) is 5.95 Å². The Morgan fingerprint density at radius 2 is 1.97 bits per heavy atom. The zero-order valence-electron chi connectivity index (χ0n) is 18.0. The van der Waals surface area contributed by atoms with Crippen molar-refractivity contribution in [1.82, 2.24) is 19.8 Å². The summed E-state index contributed by atoms with van der Waals surface area (Å²) in [7, 11) is 0. The highest BCUT2D eigenvalue weighted by molar-refractivity contribution is 8.08. The van der Waals surface area contributed by atoms with Gasteiger partial charge in [0.15, 0.2) is 0 Å². The number of carbonyl (C=O) groups excluding carboxylic acids is 1. The summed E-state index contributed by atoms with van der Waals surface area (Å²) in [6.45, 7) is 8.48. The zero-order chi connectivity index (χ0) is 21.8. The summed E-state index contributed by atoms with van der Waals surface area (Å²) in [5.74, 6) is 1.40. The first kappa shape index (κ1) is 21.8. The van der Waals surface area contributed by atoms with Gasteiger partial charge in [-0.25, -0.2) is 9.97 Å². The predicted molar refractivity (Wildman–Crippen MR) is 125 cm³/mol. The lowest BCUT2D eigenvalue weighted by Gasteiger charge is -2.35. The van der Waals surface area contributed by atoms with Gasteiger partial charge in [-0.15, -0.1) is 11.8 Å². The monoisotopic (exact) mass is 439 g/mol. The van der Waals surface area contributed by atoms with E-state index in [2.05, 4.69) is 33.2 Å². The Balaban J connectivity index is 1.41. The summed E-state index contributed by atoms with van der Waals surface area (Å²) < 4.78 is 0. The summed E-state index contributed by atoms with van der Waals surface area (Å²) in [5.41, 5.74) is 2.54. The van der Waals surface area contributed by atoms with Crippen molar-refractivity contribution in [3.05, 3.63) is 53.9 Å². The molecular weight excluding hydrogens is 410 g/mol. The van der Waals surface area contributed by atoms with Crippen molar-refractivity contribution in [3.8, 4) is 0 Å². The Morgan fingerprint density at radius 1 is 1.23 bits per heavy atom. The van der Waals surface area contributed by atoms with Gasteiger partial charge in [0.1, 0.15) is 0 Å². The first-order chi connectivity index (χ1) is 15.0. The maximum Gasteiger partial charge on any atom is 0.230 e. The van der Waals surface area contributed by atoms with E-state index >= 15 is 0 Å². The van der Waals surface area contributed by atoms with Crippen LogP contribution in [-0.2, 0) is 4.79 Å². The van der Waals surface area contributed by atoms with Crippen LogP contribution >= 0.6 is 11.8 Å². The summed E-state index contributed by atoms with van der Waals surface area (Å²) in [6.07, 6.45) is 3.30. The molecule has 0 radical (unpaired) electrons. The van der Waals surface area contributed by atoms with Crippen molar-refractivity contribution >= 4 is 34.2 Å². The molecule has 0 aliphatic carbocycles. The molecule has 164 valence electrons. The number of nitrogens with one attached hydrogen (secondary N) is 1. The molecule has 2 aromatic rings. The van der Waals surface area contributed by atoms with E-state index in [4.69, 9.17) is 0 Å². The van der Waals surface area contributed by atoms with Crippen LogP contribution < -0.4 is 5.32 Å². The molecule has 2 aliphatic heterocycles. The standard InChI is InChI=1S/C23H29N5O2S/c1-3-27-10-12-28(13-11-27)22(30)18-14-21(31-15-18)20-8-9-24-23(26-20)25-19-6-4-17(5-7-19)16(2)29/h4-9,14,16,18,29H,3,10-13,15H2,1-2H3,(H,24,25,26). The van der Waals surface area contributed by atoms with E-state index in [1.54, 1.807) is 24.9 Å². The molecule has 0 bridgehead atoms. The third kappa shape index (κ3) is 5.26. The van der Waals surface area contributed by atoms with Crippen LogP contribution in [0.25, 0.3) is 4.91 Å². The minimum absolute atomic E-state index is 0.0902. The van der Waals surface area contributed by atoms with E-state index in [1.165, 1.54) is 0 Å². The highest BCUT2D eigenvalue weighted by Gasteiger charge is 2.30. The van der Waals surface area contributed by atoms with Crippen LogP contribution in [0.3, 0.4) is 0 Å². The number of rotatable bonds is 6. The molecule has 2 atom stereocenters. The van der Waals surface area contributed by atoms with Crippen molar-refractivity contribution in [1.29, 1.82) is 0 Å². The number of anilines is 2. The molecule has 1 aromatic heterocycles. The number of hydrogen-bond donors (Lipinski definition) is 2. The van der Waals surface area contributed by atoms with E-state index in [0.717, 1.165) is 60.3 Å². The van der Waals surface area contributed by atoms with Crippen LogP contribution in [0, 0.1) is 5.92 Å². The van der Waals surface area contributed by atoms with Gasteiger partial charge in [-0.1, -0.05) is 25.1 Å². The Hall–Kier alpha value is -2.42. The highest BCUT2D eigenvalue weighted by Crippen LogP contribution is 2.37. The lowest BCUT2D eigenvalue weighted by Crippen LogP contribution is -2.50. The smallest absolute Gasteiger partial charge is 0.230 e. The van der Waals surface area contributed by atoms with E-state index in [9.17, 15) is 9.90 Å². The van der Waals surface area contributed by atoms with Gasteiger partial charge in [-0.3, -0.25) is 4.79 Å². The summed E-state index contributed by atoms with van der Waals surface area (Å²) in [5, 5.41) is 12.9. The number of thioether (sulfide) groups is 1. The Morgan fingerprint density at radius 3 is 2.65 bits per heavy atom.